The van der Waals surface area contributed by atoms with Gasteiger partial charge in [0.15, 0.2) is 9.47 Å². The Balaban J connectivity index is 1.67. The smallest absolute Gasteiger partial charge is 0.236 e. The average molecular weight is 395 g/mol. The maximum atomic E-state index is 12.0. The van der Waals surface area contributed by atoms with Crippen LogP contribution in [0.5, 0.6) is 11.5 Å². The molecule has 3 rings (SSSR count). The Hall–Kier alpha value is -2.17. The molecule has 25 heavy (non-hydrogen) atoms. The molecule has 2 aromatic heterocycles. The molecule has 0 aliphatic heterocycles. The molecule has 0 radical (unpaired) electrons. The predicted molar refractivity (Wildman–Crippen MR) is 99.9 cm³/mol. The van der Waals surface area contributed by atoms with Gasteiger partial charge < -0.3 is 14.8 Å². The van der Waals surface area contributed by atoms with Crippen molar-refractivity contribution >= 4 is 45.5 Å². The van der Waals surface area contributed by atoms with E-state index in [0.29, 0.717) is 16.6 Å². The van der Waals surface area contributed by atoms with Crippen molar-refractivity contribution < 1.29 is 14.3 Å². The Bertz CT molecular complexity index is 852. The van der Waals surface area contributed by atoms with E-state index in [1.807, 2.05) is 17.5 Å². The van der Waals surface area contributed by atoms with Crippen LogP contribution in [-0.4, -0.2) is 41.1 Å². The quantitative estimate of drug-likeness (QED) is 0.615. The molecule has 0 saturated heterocycles. The number of aromatic nitrogens is 3. The number of methoxy groups -OCH3 is 2. The summed E-state index contributed by atoms with van der Waals surface area (Å²) >= 11 is 4.11. The van der Waals surface area contributed by atoms with E-state index in [1.54, 1.807) is 25.8 Å². The molecule has 0 aliphatic rings. The molecule has 2 heterocycles. The molecule has 3 aromatic rings. The molecule has 0 saturated carbocycles. The van der Waals surface area contributed by atoms with Gasteiger partial charge in [-0.1, -0.05) is 23.1 Å². The lowest BCUT2D eigenvalue weighted by Gasteiger charge is -2.08. The van der Waals surface area contributed by atoms with E-state index in [4.69, 9.17) is 9.47 Å². The van der Waals surface area contributed by atoms with E-state index in [0.717, 1.165) is 15.6 Å². The summed E-state index contributed by atoms with van der Waals surface area (Å²) in [6.45, 7) is 0. The van der Waals surface area contributed by atoms with Gasteiger partial charge in [-0.2, -0.15) is 0 Å². The SMILES string of the molecule is COc1ccc(-c2csc(NC(=O)CSc3nncs3)n2)c(OC)c1. The van der Waals surface area contributed by atoms with Crippen molar-refractivity contribution in [3.63, 3.8) is 0 Å². The maximum absolute atomic E-state index is 12.0. The minimum absolute atomic E-state index is 0.136. The Morgan fingerprint density at radius 3 is 2.88 bits per heavy atom. The Morgan fingerprint density at radius 1 is 1.28 bits per heavy atom. The van der Waals surface area contributed by atoms with Gasteiger partial charge in [-0.3, -0.25) is 4.79 Å². The van der Waals surface area contributed by atoms with Crippen LogP contribution in [0.3, 0.4) is 0 Å². The van der Waals surface area contributed by atoms with Gasteiger partial charge in [0.25, 0.3) is 0 Å². The second-order valence-corrected chi connectivity index (χ2v) is 7.56. The summed E-state index contributed by atoms with van der Waals surface area (Å²) in [5, 5.41) is 12.8. The number of anilines is 1. The summed E-state index contributed by atoms with van der Waals surface area (Å²) in [6.07, 6.45) is 0. The van der Waals surface area contributed by atoms with Crippen molar-refractivity contribution in [2.75, 3.05) is 25.3 Å². The fraction of sp³-hybridized carbons (Fsp3) is 0.200. The first-order valence-corrected chi connectivity index (χ1v) is 9.81. The summed E-state index contributed by atoms with van der Waals surface area (Å²) in [7, 11) is 3.20. The number of hydrogen-bond acceptors (Lipinski definition) is 9. The number of carbonyl (C=O) groups excluding carboxylic acids is 1. The first kappa shape index (κ1) is 17.6. The minimum Gasteiger partial charge on any atom is -0.497 e. The van der Waals surface area contributed by atoms with Crippen LogP contribution in [-0.2, 0) is 4.79 Å². The third-order valence-electron chi connectivity index (χ3n) is 3.10. The number of hydrogen-bond donors (Lipinski definition) is 1. The van der Waals surface area contributed by atoms with Crippen molar-refractivity contribution in [3.05, 3.63) is 29.1 Å². The minimum atomic E-state index is -0.136. The molecule has 1 aromatic carbocycles. The van der Waals surface area contributed by atoms with E-state index >= 15 is 0 Å². The van der Waals surface area contributed by atoms with Crippen molar-refractivity contribution in [1.29, 1.82) is 0 Å². The topological polar surface area (TPSA) is 86.2 Å². The van der Waals surface area contributed by atoms with Gasteiger partial charge >= 0.3 is 0 Å². The first-order chi connectivity index (χ1) is 12.2. The average Bonchev–Trinajstić information content (AvgIpc) is 3.31. The largest absolute Gasteiger partial charge is 0.497 e. The van der Waals surface area contributed by atoms with Crippen molar-refractivity contribution in [2.45, 2.75) is 4.34 Å². The zero-order valence-corrected chi connectivity index (χ0v) is 15.8. The number of rotatable bonds is 7. The number of ether oxygens (including phenoxy) is 2. The van der Waals surface area contributed by atoms with E-state index in [1.165, 1.54) is 34.4 Å². The number of benzene rings is 1. The summed E-state index contributed by atoms with van der Waals surface area (Å²) < 4.78 is 11.4. The third kappa shape index (κ3) is 4.47. The van der Waals surface area contributed by atoms with E-state index in [9.17, 15) is 4.79 Å². The molecule has 1 N–H and O–H groups in total. The number of nitrogens with one attached hydrogen (secondary N) is 1. The van der Waals surface area contributed by atoms with Crippen LogP contribution in [0.4, 0.5) is 5.13 Å². The predicted octanol–water partition coefficient (Wildman–Crippen LogP) is 3.41. The number of thioether (sulfide) groups is 1. The van der Waals surface area contributed by atoms with Crippen LogP contribution in [0.25, 0.3) is 11.3 Å². The molecule has 1 amide bonds. The van der Waals surface area contributed by atoms with Crippen LogP contribution >= 0.6 is 34.4 Å². The molecule has 0 spiro atoms. The molecule has 7 nitrogen and oxygen atoms in total. The monoisotopic (exact) mass is 394 g/mol. The first-order valence-electron chi connectivity index (χ1n) is 7.06. The lowest BCUT2D eigenvalue weighted by atomic mass is 10.1. The third-order valence-corrected chi connectivity index (χ3v) is 5.72. The second kappa shape index (κ2) is 8.28. The van der Waals surface area contributed by atoms with Crippen molar-refractivity contribution in [3.8, 4) is 22.8 Å². The fourth-order valence-electron chi connectivity index (χ4n) is 1.97. The molecular formula is C15H14N4O3S3. The van der Waals surface area contributed by atoms with Crippen LogP contribution < -0.4 is 14.8 Å². The summed E-state index contributed by atoms with van der Waals surface area (Å²) in [5.74, 6) is 1.49. The molecule has 0 bridgehead atoms. The lowest BCUT2D eigenvalue weighted by Crippen LogP contribution is -2.13. The molecule has 0 atom stereocenters. The van der Waals surface area contributed by atoms with E-state index in [2.05, 4.69) is 20.5 Å². The summed E-state index contributed by atoms with van der Waals surface area (Å²) in [5.41, 5.74) is 3.20. The van der Waals surface area contributed by atoms with Crippen LogP contribution in [0.1, 0.15) is 0 Å². The Labute approximate surface area is 156 Å². The molecule has 10 heteroatoms. The number of nitrogens with zero attached hydrogens (tertiary/aromatic N) is 3. The summed E-state index contributed by atoms with van der Waals surface area (Å²) in [4.78, 5) is 16.5. The van der Waals surface area contributed by atoms with Gasteiger partial charge in [-0.05, 0) is 12.1 Å². The van der Waals surface area contributed by atoms with Crippen LogP contribution in [0.15, 0.2) is 33.4 Å². The number of amides is 1. The highest BCUT2D eigenvalue weighted by atomic mass is 32.2. The highest BCUT2D eigenvalue weighted by molar-refractivity contribution is 8.01. The Morgan fingerprint density at radius 2 is 2.16 bits per heavy atom. The molecule has 0 unspecified atom stereocenters. The van der Waals surface area contributed by atoms with Gasteiger partial charge in [-0.15, -0.1) is 21.5 Å². The zero-order valence-electron chi connectivity index (χ0n) is 13.4. The van der Waals surface area contributed by atoms with E-state index in [-0.39, 0.29) is 11.7 Å². The van der Waals surface area contributed by atoms with Gasteiger partial charge in [0, 0.05) is 17.0 Å². The molecule has 0 aliphatic carbocycles. The fourth-order valence-corrected chi connectivity index (χ4v) is 3.99. The van der Waals surface area contributed by atoms with E-state index < -0.39 is 0 Å². The molecular weight excluding hydrogens is 380 g/mol. The van der Waals surface area contributed by atoms with Gasteiger partial charge in [0.1, 0.15) is 17.0 Å². The van der Waals surface area contributed by atoms with Crippen LogP contribution in [0.2, 0.25) is 0 Å². The van der Waals surface area contributed by atoms with Gasteiger partial charge in [0.2, 0.25) is 5.91 Å². The normalized spacial score (nSPS) is 10.5. The van der Waals surface area contributed by atoms with Crippen molar-refractivity contribution in [1.82, 2.24) is 15.2 Å². The van der Waals surface area contributed by atoms with Crippen molar-refractivity contribution in [2.24, 2.45) is 0 Å². The highest BCUT2D eigenvalue weighted by Gasteiger charge is 2.13. The second-order valence-electron chi connectivity index (χ2n) is 4.65. The maximum Gasteiger partial charge on any atom is 0.236 e. The molecule has 130 valence electrons. The lowest BCUT2D eigenvalue weighted by molar-refractivity contribution is -0.113. The van der Waals surface area contributed by atoms with Gasteiger partial charge in [-0.25, -0.2) is 4.98 Å². The number of carbonyl (C=O) groups is 1. The van der Waals surface area contributed by atoms with Gasteiger partial charge in [0.05, 0.1) is 25.7 Å². The summed E-state index contributed by atoms with van der Waals surface area (Å²) in [6, 6.07) is 5.52. The molecule has 0 fully saturated rings. The standard InChI is InChI=1S/C15H14N4O3S3/c1-21-9-3-4-10(12(5-9)22-2)11-6-23-14(17-11)18-13(20)7-24-15-19-16-8-25-15/h3-6,8H,7H2,1-2H3,(H,17,18,20). The number of thiazole rings is 1. The van der Waals surface area contributed by atoms with Crippen LogP contribution in [0, 0.1) is 0 Å². The highest BCUT2D eigenvalue weighted by Crippen LogP contribution is 2.34. The zero-order chi connectivity index (χ0) is 17.6. The Kier molecular flexibility index (Phi) is 5.84.